The molecular formula is C18H13N3O6. The summed E-state index contributed by atoms with van der Waals surface area (Å²) in [5, 5.41) is 24.0. The lowest BCUT2D eigenvalue weighted by molar-refractivity contribution is -0.385. The number of hydrogen-bond donors (Lipinski definition) is 1. The number of aryl methyl sites for hydroxylation is 1. The van der Waals surface area contributed by atoms with Crippen LogP contribution in [-0.2, 0) is 0 Å². The highest BCUT2D eigenvalue weighted by Crippen LogP contribution is 2.28. The number of furan rings is 1. The Balaban J connectivity index is 1.78. The van der Waals surface area contributed by atoms with Crippen molar-refractivity contribution in [2.45, 2.75) is 6.92 Å². The summed E-state index contributed by atoms with van der Waals surface area (Å²) >= 11 is 0. The van der Waals surface area contributed by atoms with Crippen molar-refractivity contribution in [3.8, 4) is 11.3 Å². The highest BCUT2D eigenvalue weighted by molar-refractivity contribution is 6.02. The number of non-ortho nitro benzene ring substituents is 2. The van der Waals surface area contributed by atoms with Gasteiger partial charge in [0.25, 0.3) is 17.3 Å². The van der Waals surface area contributed by atoms with E-state index in [-0.39, 0.29) is 17.1 Å². The van der Waals surface area contributed by atoms with Gasteiger partial charge >= 0.3 is 0 Å². The van der Waals surface area contributed by atoms with Gasteiger partial charge in [-0.15, -0.1) is 0 Å². The molecule has 0 aliphatic heterocycles. The van der Waals surface area contributed by atoms with Crippen molar-refractivity contribution < 1.29 is 19.1 Å². The van der Waals surface area contributed by atoms with Crippen LogP contribution < -0.4 is 5.32 Å². The Morgan fingerprint density at radius 3 is 2.15 bits per heavy atom. The first kappa shape index (κ1) is 17.8. The smallest absolute Gasteiger partial charge is 0.291 e. The number of benzene rings is 2. The fourth-order valence-electron chi connectivity index (χ4n) is 2.50. The molecule has 0 radical (unpaired) electrons. The predicted octanol–water partition coefficient (Wildman–Crippen LogP) is 4.32. The van der Waals surface area contributed by atoms with E-state index in [1.54, 1.807) is 19.1 Å². The molecule has 2 aromatic carbocycles. The molecular weight excluding hydrogens is 354 g/mol. The fourth-order valence-corrected chi connectivity index (χ4v) is 2.50. The van der Waals surface area contributed by atoms with Gasteiger partial charge in [-0.1, -0.05) is 0 Å². The highest BCUT2D eigenvalue weighted by Gasteiger charge is 2.16. The van der Waals surface area contributed by atoms with E-state index in [1.165, 1.54) is 42.5 Å². The quantitative estimate of drug-likeness (QED) is 0.528. The van der Waals surface area contributed by atoms with E-state index in [9.17, 15) is 25.0 Å². The summed E-state index contributed by atoms with van der Waals surface area (Å²) in [6.45, 7) is 1.71. The van der Waals surface area contributed by atoms with Crippen LogP contribution in [0, 0.1) is 27.2 Å². The van der Waals surface area contributed by atoms with Crippen LogP contribution in [-0.4, -0.2) is 15.8 Å². The Morgan fingerprint density at radius 1 is 0.926 bits per heavy atom. The van der Waals surface area contributed by atoms with Gasteiger partial charge in [-0.25, -0.2) is 0 Å². The van der Waals surface area contributed by atoms with E-state index in [0.717, 1.165) is 0 Å². The van der Waals surface area contributed by atoms with Crippen LogP contribution in [0.2, 0.25) is 0 Å². The molecule has 0 bridgehead atoms. The minimum Gasteiger partial charge on any atom is -0.451 e. The molecule has 27 heavy (non-hydrogen) atoms. The fraction of sp³-hybridized carbons (Fsp3) is 0.0556. The lowest BCUT2D eigenvalue weighted by Crippen LogP contribution is -2.10. The minimum atomic E-state index is -0.531. The average Bonchev–Trinajstić information content (AvgIpc) is 3.12. The third kappa shape index (κ3) is 3.82. The molecule has 9 nitrogen and oxygen atoms in total. The van der Waals surface area contributed by atoms with Gasteiger partial charge in [-0.05, 0) is 42.8 Å². The zero-order chi connectivity index (χ0) is 19.6. The van der Waals surface area contributed by atoms with Crippen LogP contribution in [0.3, 0.4) is 0 Å². The third-order valence-electron chi connectivity index (χ3n) is 3.85. The topological polar surface area (TPSA) is 129 Å². The standard InChI is InChI=1S/C18H13N3O6/c1-11-10-14(21(25)26)6-7-15(11)16-8-9-17(27-16)18(22)19-12-2-4-13(5-3-12)20(23)24/h2-10H,1H3,(H,19,22). The van der Waals surface area contributed by atoms with E-state index >= 15 is 0 Å². The third-order valence-corrected chi connectivity index (χ3v) is 3.85. The molecule has 3 rings (SSSR count). The van der Waals surface area contributed by atoms with Crippen LogP contribution >= 0.6 is 0 Å². The summed E-state index contributed by atoms with van der Waals surface area (Å²) in [7, 11) is 0. The molecule has 3 aromatic rings. The molecule has 0 fully saturated rings. The van der Waals surface area contributed by atoms with Gasteiger partial charge in [0.1, 0.15) is 5.76 Å². The number of nitro groups is 2. The molecule has 9 heteroatoms. The Bertz CT molecular complexity index is 1040. The van der Waals surface area contributed by atoms with E-state index in [2.05, 4.69) is 5.32 Å². The summed E-state index contributed by atoms with van der Waals surface area (Å²) in [6, 6.07) is 12.8. The molecule has 0 spiro atoms. The monoisotopic (exact) mass is 367 g/mol. The molecule has 0 aliphatic rings. The molecule has 0 saturated heterocycles. The molecule has 0 atom stereocenters. The molecule has 1 amide bonds. The summed E-state index contributed by atoms with van der Waals surface area (Å²) in [6.07, 6.45) is 0. The number of hydrogen-bond acceptors (Lipinski definition) is 6. The lowest BCUT2D eigenvalue weighted by atomic mass is 10.1. The largest absolute Gasteiger partial charge is 0.451 e. The summed E-state index contributed by atoms with van der Waals surface area (Å²) in [5.41, 5.74) is 1.55. The van der Waals surface area contributed by atoms with Crippen molar-refractivity contribution >= 4 is 23.0 Å². The van der Waals surface area contributed by atoms with E-state index in [1.807, 2.05) is 0 Å². The number of rotatable bonds is 5. The van der Waals surface area contributed by atoms with Gasteiger partial charge < -0.3 is 9.73 Å². The Labute approximate surface area is 152 Å². The van der Waals surface area contributed by atoms with E-state index < -0.39 is 15.8 Å². The summed E-state index contributed by atoms with van der Waals surface area (Å²) in [5.74, 6) is -0.0768. The first-order chi connectivity index (χ1) is 12.8. The number of nitrogens with one attached hydrogen (secondary N) is 1. The van der Waals surface area contributed by atoms with Crippen molar-refractivity contribution in [1.82, 2.24) is 0 Å². The second-order valence-corrected chi connectivity index (χ2v) is 5.68. The maximum atomic E-state index is 12.3. The van der Waals surface area contributed by atoms with E-state index in [4.69, 9.17) is 4.42 Å². The van der Waals surface area contributed by atoms with E-state index in [0.29, 0.717) is 22.6 Å². The molecule has 1 N–H and O–H groups in total. The number of nitro benzene ring substituents is 2. The van der Waals surface area contributed by atoms with Gasteiger partial charge in [-0.3, -0.25) is 25.0 Å². The zero-order valence-corrected chi connectivity index (χ0v) is 14.0. The molecule has 0 saturated carbocycles. The first-order valence-electron chi connectivity index (χ1n) is 7.76. The second-order valence-electron chi connectivity index (χ2n) is 5.68. The van der Waals surface area contributed by atoms with Crippen molar-refractivity contribution in [2.75, 3.05) is 5.32 Å². The van der Waals surface area contributed by atoms with Gasteiger partial charge in [-0.2, -0.15) is 0 Å². The number of carbonyl (C=O) groups excluding carboxylic acids is 1. The van der Waals surface area contributed by atoms with Gasteiger partial charge in [0.2, 0.25) is 0 Å². The molecule has 0 unspecified atom stereocenters. The summed E-state index contributed by atoms with van der Waals surface area (Å²) < 4.78 is 5.56. The van der Waals surface area contributed by atoms with Gasteiger partial charge in [0.15, 0.2) is 5.76 Å². The minimum absolute atomic E-state index is 0.0288. The SMILES string of the molecule is Cc1cc([N+](=O)[O-])ccc1-c1ccc(C(=O)Nc2ccc([N+](=O)[O-])cc2)o1. The van der Waals surface area contributed by atoms with Crippen molar-refractivity contribution in [2.24, 2.45) is 0 Å². The van der Waals surface area contributed by atoms with Crippen molar-refractivity contribution in [1.29, 1.82) is 0 Å². The molecule has 136 valence electrons. The number of carbonyl (C=O) groups is 1. The Hall–Kier alpha value is -4.01. The maximum Gasteiger partial charge on any atom is 0.291 e. The van der Waals surface area contributed by atoms with Crippen LogP contribution in [0.15, 0.2) is 59.0 Å². The zero-order valence-electron chi connectivity index (χ0n) is 14.0. The average molecular weight is 367 g/mol. The van der Waals surface area contributed by atoms with Gasteiger partial charge in [0.05, 0.1) is 9.85 Å². The number of amides is 1. The highest BCUT2D eigenvalue weighted by atomic mass is 16.6. The molecule has 1 aromatic heterocycles. The van der Waals surface area contributed by atoms with Gasteiger partial charge in [0, 0.05) is 35.5 Å². The first-order valence-corrected chi connectivity index (χ1v) is 7.76. The van der Waals surface area contributed by atoms with Crippen molar-refractivity contribution in [3.63, 3.8) is 0 Å². The van der Waals surface area contributed by atoms with Crippen LogP contribution in [0.1, 0.15) is 16.1 Å². The van der Waals surface area contributed by atoms with Crippen LogP contribution in [0.4, 0.5) is 17.1 Å². The summed E-state index contributed by atoms with van der Waals surface area (Å²) in [4.78, 5) is 32.7. The Kier molecular flexibility index (Phi) is 4.67. The molecule has 0 aliphatic carbocycles. The lowest BCUT2D eigenvalue weighted by Gasteiger charge is -2.04. The molecule has 1 heterocycles. The van der Waals surface area contributed by atoms with Crippen LogP contribution in [0.5, 0.6) is 0 Å². The second kappa shape index (κ2) is 7.08. The van der Waals surface area contributed by atoms with Crippen LogP contribution in [0.25, 0.3) is 11.3 Å². The Morgan fingerprint density at radius 2 is 1.56 bits per heavy atom. The number of nitrogens with zero attached hydrogens (tertiary/aromatic N) is 2. The van der Waals surface area contributed by atoms with Crippen molar-refractivity contribution in [3.05, 3.63) is 86.1 Å². The number of anilines is 1. The maximum absolute atomic E-state index is 12.3. The predicted molar refractivity (Wildman–Crippen MR) is 96.6 cm³/mol. The normalized spacial score (nSPS) is 10.4.